The lowest BCUT2D eigenvalue weighted by Crippen LogP contribution is -2.31. The van der Waals surface area contributed by atoms with E-state index < -0.39 is 0 Å². The van der Waals surface area contributed by atoms with Gasteiger partial charge in [0.05, 0.1) is 0 Å². The molecule has 0 spiro atoms. The maximum Gasteiger partial charge on any atom is 0.0466 e. The van der Waals surface area contributed by atoms with Crippen molar-refractivity contribution in [2.24, 2.45) is 0 Å². The van der Waals surface area contributed by atoms with E-state index in [0.717, 1.165) is 44.0 Å². The second-order valence-electron chi connectivity index (χ2n) is 4.43. The van der Waals surface area contributed by atoms with Gasteiger partial charge in [0, 0.05) is 24.3 Å². The highest BCUT2D eigenvalue weighted by atomic mass is 35.5. The zero-order valence-corrected chi connectivity index (χ0v) is 12.2. The van der Waals surface area contributed by atoms with Crippen molar-refractivity contribution in [3.63, 3.8) is 0 Å². The van der Waals surface area contributed by atoms with Crippen LogP contribution in [0.15, 0.2) is 24.3 Å². The Balaban J connectivity index is 2.41. The van der Waals surface area contributed by atoms with Gasteiger partial charge in [0.15, 0.2) is 0 Å². The van der Waals surface area contributed by atoms with Gasteiger partial charge in [0.1, 0.15) is 0 Å². The number of nitrogens with one attached hydrogen (secondary N) is 1. The van der Waals surface area contributed by atoms with Gasteiger partial charge in [-0.25, -0.2) is 0 Å². The molecule has 0 aliphatic heterocycles. The van der Waals surface area contributed by atoms with Crippen molar-refractivity contribution >= 4 is 11.6 Å². The number of likely N-dealkylation sites (N-methyl/N-ethyl adjacent to an activating group) is 1. The first-order chi connectivity index (χ1) is 8.76. The monoisotopic (exact) mass is 269 g/mol. The predicted octanol–water partition coefficient (Wildman–Crippen LogP) is 3.68. The molecule has 102 valence electrons. The molecule has 1 unspecified atom stereocenters. The molecule has 1 N–H and O–H groups in total. The maximum atomic E-state index is 6.01. The van der Waals surface area contributed by atoms with Gasteiger partial charge in [-0.15, -0.1) is 0 Å². The topological polar surface area (TPSA) is 21.3 Å². The summed E-state index contributed by atoms with van der Waals surface area (Å²) in [6, 6.07) is 8.63. The lowest BCUT2D eigenvalue weighted by Gasteiger charge is -2.18. The van der Waals surface area contributed by atoms with Crippen LogP contribution >= 0.6 is 11.6 Å². The summed E-state index contributed by atoms with van der Waals surface area (Å²) in [7, 11) is 0. The van der Waals surface area contributed by atoms with Gasteiger partial charge in [-0.05, 0) is 50.4 Å². The molecule has 1 atom stereocenters. The SMILES string of the molecule is CCNC(CCCOCC)Cc1cccc(Cl)c1. The molecule has 0 heterocycles. The average molecular weight is 270 g/mol. The average Bonchev–Trinajstić information content (AvgIpc) is 2.35. The van der Waals surface area contributed by atoms with E-state index >= 15 is 0 Å². The molecule has 18 heavy (non-hydrogen) atoms. The number of ether oxygens (including phenoxy) is 1. The first-order valence-electron chi connectivity index (χ1n) is 6.81. The van der Waals surface area contributed by atoms with Crippen molar-refractivity contribution in [2.45, 2.75) is 39.2 Å². The van der Waals surface area contributed by atoms with E-state index in [-0.39, 0.29) is 0 Å². The van der Waals surface area contributed by atoms with E-state index in [4.69, 9.17) is 16.3 Å². The summed E-state index contributed by atoms with van der Waals surface area (Å²) in [5.41, 5.74) is 1.30. The maximum absolute atomic E-state index is 6.01. The Bertz CT molecular complexity index is 330. The van der Waals surface area contributed by atoms with E-state index in [1.54, 1.807) is 0 Å². The van der Waals surface area contributed by atoms with Crippen molar-refractivity contribution in [2.75, 3.05) is 19.8 Å². The zero-order valence-electron chi connectivity index (χ0n) is 11.4. The van der Waals surface area contributed by atoms with Gasteiger partial charge in [-0.3, -0.25) is 0 Å². The fourth-order valence-electron chi connectivity index (χ4n) is 2.09. The van der Waals surface area contributed by atoms with Gasteiger partial charge in [-0.2, -0.15) is 0 Å². The molecule has 0 aliphatic carbocycles. The number of benzene rings is 1. The molecule has 0 aromatic heterocycles. The standard InChI is InChI=1S/C15H24ClNO/c1-3-17-15(9-6-10-18-4-2)12-13-7-5-8-14(16)11-13/h5,7-8,11,15,17H,3-4,6,9-10,12H2,1-2H3. The van der Waals surface area contributed by atoms with Crippen LogP contribution in [0.3, 0.4) is 0 Å². The largest absolute Gasteiger partial charge is 0.382 e. The number of halogens is 1. The minimum absolute atomic E-state index is 0.508. The summed E-state index contributed by atoms with van der Waals surface area (Å²) < 4.78 is 5.38. The molecule has 2 nitrogen and oxygen atoms in total. The molecule has 1 rings (SSSR count). The Labute approximate surface area is 116 Å². The molecule has 0 radical (unpaired) electrons. The van der Waals surface area contributed by atoms with Gasteiger partial charge >= 0.3 is 0 Å². The number of rotatable bonds is 9. The van der Waals surface area contributed by atoms with Gasteiger partial charge in [0.2, 0.25) is 0 Å². The molecule has 1 aromatic rings. The number of hydrogen-bond donors (Lipinski definition) is 1. The summed E-state index contributed by atoms with van der Waals surface area (Å²) in [5, 5.41) is 4.35. The van der Waals surface area contributed by atoms with Crippen LogP contribution in [0, 0.1) is 0 Å². The minimum atomic E-state index is 0.508. The first-order valence-corrected chi connectivity index (χ1v) is 7.19. The van der Waals surface area contributed by atoms with E-state index in [1.807, 2.05) is 19.1 Å². The predicted molar refractivity (Wildman–Crippen MR) is 78.3 cm³/mol. The summed E-state index contributed by atoms with van der Waals surface area (Å²) >= 11 is 6.01. The van der Waals surface area contributed by atoms with E-state index in [9.17, 15) is 0 Å². The Kier molecular flexibility index (Phi) is 8.06. The van der Waals surface area contributed by atoms with E-state index in [2.05, 4.69) is 24.4 Å². The lowest BCUT2D eigenvalue weighted by atomic mass is 10.0. The summed E-state index contributed by atoms with van der Waals surface area (Å²) in [4.78, 5) is 0. The fraction of sp³-hybridized carbons (Fsp3) is 0.600. The van der Waals surface area contributed by atoms with Crippen LogP contribution in [0.5, 0.6) is 0 Å². The Morgan fingerprint density at radius 2 is 2.17 bits per heavy atom. The highest BCUT2D eigenvalue weighted by molar-refractivity contribution is 6.30. The van der Waals surface area contributed by atoms with Crippen molar-refractivity contribution in [3.8, 4) is 0 Å². The van der Waals surface area contributed by atoms with Gasteiger partial charge in [-0.1, -0.05) is 30.7 Å². The first kappa shape index (κ1) is 15.5. The third kappa shape index (κ3) is 6.39. The molecule has 1 aromatic carbocycles. The van der Waals surface area contributed by atoms with Gasteiger partial charge in [0.25, 0.3) is 0 Å². The Morgan fingerprint density at radius 1 is 1.33 bits per heavy atom. The van der Waals surface area contributed by atoms with Crippen LogP contribution in [0.2, 0.25) is 5.02 Å². The molecule has 0 amide bonds. The van der Waals surface area contributed by atoms with Crippen LogP contribution in [0.25, 0.3) is 0 Å². The van der Waals surface area contributed by atoms with Crippen molar-refractivity contribution < 1.29 is 4.74 Å². The highest BCUT2D eigenvalue weighted by Crippen LogP contribution is 2.14. The normalized spacial score (nSPS) is 12.6. The second kappa shape index (κ2) is 9.37. The molecule has 0 saturated heterocycles. The van der Waals surface area contributed by atoms with Crippen LogP contribution in [0.1, 0.15) is 32.3 Å². The third-order valence-corrected chi connectivity index (χ3v) is 3.14. The van der Waals surface area contributed by atoms with Crippen LogP contribution < -0.4 is 5.32 Å². The van der Waals surface area contributed by atoms with Crippen molar-refractivity contribution in [1.82, 2.24) is 5.32 Å². The highest BCUT2D eigenvalue weighted by Gasteiger charge is 2.08. The van der Waals surface area contributed by atoms with Crippen LogP contribution in [-0.2, 0) is 11.2 Å². The Morgan fingerprint density at radius 3 is 2.83 bits per heavy atom. The van der Waals surface area contributed by atoms with Crippen molar-refractivity contribution in [1.29, 1.82) is 0 Å². The van der Waals surface area contributed by atoms with Crippen molar-refractivity contribution in [3.05, 3.63) is 34.9 Å². The molecular weight excluding hydrogens is 246 g/mol. The van der Waals surface area contributed by atoms with E-state index in [0.29, 0.717) is 6.04 Å². The molecule has 0 aliphatic rings. The molecular formula is C15H24ClNO. The lowest BCUT2D eigenvalue weighted by molar-refractivity contribution is 0.141. The quantitative estimate of drug-likeness (QED) is 0.691. The summed E-state index contributed by atoms with van der Waals surface area (Å²) in [6.45, 7) is 6.84. The van der Waals surface area contributed by atoms with Crippen LogP contribution in [0.4, 0.5) is 0 Å². The van der Waals surface area contributed by atoms with E-state index in [1.165, 1.54) is 5.56 Å². The smallest absolute Gasteiger partial charge is 0.0466 e. The summed E-state index contributed by atoms with van der Waals surface area (Å²) in [6.07, 6.45) is 3.27. The number of hydrogen-bond acceptors (Lipinski definition) is 2. The molecule has 3 heteroatoms. The Hall–Kier alpha value is -0.570. The second-order valence-corrected chi connectivity index (χ2v) is 4.86. The fourth-order valence-corrected chi connectivity index (χ4v) is 2.30. The minimum Gasteiger partial charge on any atom is -0.382 e. The third-order valence-electron chi connectivity index (χ3n) is 2.91. The van der Waals surface area contributed by atoms with Crippen LogP contribution in [-0.4, -0.2) is 25.8 Å². The molecule has 0 bridgehead atoms. The molecule has 0 saturated carbocycles. The molecule has 0 fully saturated rings. The van der Waals surface area contributed by atoms with Gasteiger partial charge < -0.3 is 10.1 Å². The zero-order chi connectivity index (χ0) is 13.2. The summed E-state index contributed by atoms with van der Waals surface area (Å²) in [5.74, 6) is 0.